The van der Waals surface area contributed by atoms with E-state index < -0.39 is 0 Å². The molecular formula is C18H27N5O. The molecule has 0 N–H and O–H groups in total. The molecule has 0 aliphatic carbocycles. The lowest BCUT2D eigenvalue weighted by Gasteiger charge is -2.41. The molecule has 0 radical (unpaired) electrons. The molecular weight excluding hydrogens is 302 g/mol. The summed E-state index contributed by atoms with van der Waals surface area (Å²) in [7, 11) is 8.12. The van der Waals surface area contributed by atoms with Gasteiger partial charge in [0.1, 0.15) is 5.82 Å². The largest absolute Gasteiger partial charge is 0.361 e. The lowest BCUT2D eigenvalue weighted by atomic mass is 9.87. The molecule has 2 aromatic rings. The van der Waals surface area contributed by atoms with Crippen molar-refractivity contribution in [1.82, 2.24) is 19.2 Å². The van der Waals surface area contributed by atoms with Gasteiger partial charge in [0, 0.05) is 40.0 Å². The molecule has 1 aliphatic rings. The first-order chi connectivity index (χ1) is 11.5. The molecule has 3 rings (SSSR count). The lowest BCUT2D eigenvalue weighted by Crippen LogP contribution is -2.42. The van der Waals surface area contributed by atoms with E-state index >= 15 is 0 Å². The first-order valence-electron chi connectivity index (χ1n) is 8.54. The highest BCUT2D eigenvalue weighted by molar-refractivity contribution is 5.38. The van der Waals surface area contributed by atoms with Gasteiger partial charge >= 0.3 is 0 Å². The molecule has 1 fully saturated rings. The fourth-order valence-electron chi connectivity index (χ4n) is 3.97. The molecule has 6 nitrogen and oxygen atoms in total. The predicted octanol–water partition coefficient (Wildman–Crippen LogP) is 1.64. The molecule has 1 aliphatic heterocycles. The van der Waals surface area contributed by atoms with Gasteiger partial charge in [-0.1, -0.05) is 6.07 Å². The highest BCUT2D eigenvalue weighted by Gasteiger charge is 2.33. The minimum atomic E-state index is 0.0308. The summed E-state index contributed by atoms with van der Waals surface area (Å²) in [5.41, 5.74) is 1.29. The summed E-state index contributed by atoms with van der Waals surface area (Å²) in [6.45, 7) is 2.03. The van der Waals surface area contributed by atoms with Crippen molar-refractivity contribution in [3.05, 3.63) is 46.5 Å². The van der Waals surface area contributed by atoms with E-state index in [0.717, 1.165) is 18.9 Å². The van der Waals surface area contributed by atoms with Crippen LogP contribution in [0.1, 0.15) is 24.6 Å². The van der Waals surface area contributed by atoms with Crippen LogP contribution in [-0.2, 0) is 14.1 Å². The minimum absolute atomic E-state index is 0.0308. The van der Waals surface area contributed by atoms with Crippen LogP contribution in [0.5, 0.6) is 0 Å². The van der Waals surface area contributed by atoms with Crippen molar-refractivity contribution in [2.24, 2.45) is 20.0 Å². The van der Waals surface area contributed by atoms with Crippen molar-refractivity contribution in [1.29, 1.82) is 0 Å². The molecule has 2 atom stereocenters. The summed E-state index contributed by atoms with van der Waals surface area (Å²) < 4.78 is 3.70. The van der Waals surface area contributed by atoms with Crippen LogP contribution in [0.15, 0.2) is 35.3 Å². The summed E-state index contributed by atoms with van der Waals surface area (Å²) in [5, 5.41) is 4.35. The zero-order valence-corrected chi connectivity index (χ0v) is 15.0. The van der Waals surface area contributed by atoms with E-state index in [-0.39, 0.29) is 5.56 Å². The molecule has 2 aromatic heterocycles. The molecule has 6 heteroatoms. The summed E-state index contributed by atoms with van der Waals surface area (Å²) in [6.07, 6.45) is 4.27. The monoisotopic (exact) mass is 329 g/mol. The molecule has 24 heavy (non-hydrogen) atoms. The van der Waals surface area contributed by atoms with Crippen LogP contribution in [0, 0.1) is 5.92 Å². The standard InChI is InChI=1S/C18H27N5O/c1-20-12-6-7-14(18(20)15-10-11-19-23(15)4)13-21(2)16-8-5-9-17(24)22(16)3/h5,8-11,14,18H,6-7,12-13H2,1-4H3/t14-,18+/m0/s1. The number of rotatable bonds is 4. The van der Waals surface area contributed by atoms with Crippen LogP contribution in [0.3, 0.4) is 0 Å². The van der Waals surface area contributed by atoms with Gasteiger partial charge in [-0.25, -0.2) is 0 Å². The number of hydrogen-bond acceptors (Lipinski definition) is 4. The molecule has 130 valence electrons. The van der Waals surface area contributed by atoms with Gasteiger partial charge in [0.25, 0.3) is 5.56 Å². The number of aryl methyl sites for hydroxylation is 1. The normalized spacial score (nSPS) is 21.8. The Morgan fingerprint density at radius 3 is 2.75 bits per heavy atom. The zero-order valence-electron chi connectivity index (χ0n) is 15.0. The van der Waals surface area contributed by atoms with Crippen LogP contribution >= 0.6 is 0 Å². The number of anilines is 1. The predicted molar refractivity (Wildman–Crippen MR) is 96.3 cm³/mol. The Kier molecular flexibility index (Phi) is 4.76. The second kappa shape index (κ2) is 6.81. The molecule has 0 unspecified atom stereocenters. The van der Waals surface area contributed by atoms with Crippen molar-refractivity contribution < 1.29 is 0 Å². The fraction of sp³-hybridized carbons (Fsp3) is 0.556. The summed E-state index contributed by atoms with van der Waals surface area (Å²) >= 11 is 0. The van der Waals surface area contributed by atoms with E-state index in [1.807, 2.05) is 37.1 Å². The van der Waals surface area contributed by atoms with Crippen molar-refractivity contribution >= 4 is 5.82 Å². The molecule has 0 spiro atoms. The Morgan fingerprint density at radius 1 is 1.25 bits per heavy atom. The number of piperidine rings is 1. The number of hydrogen-bond donors (Lipinski definition) is 0. The summed E-state index contributed by atoms with van der Waals surface area (Å²) in [6, 6.07) is 7.92. The van der Waals surface area contributed by atoms with Crippen LogP contribution in [0.4, 0.5) is 5.82 Å². The van der Waals surface area contributed by atoms with Crippen molar-refractivity contribution in [3.63, 3.8) is 0 Å². The van der Waals surface area contributed by atoms with E-state index in [0.29, 0.717) is 12.0 Å². The second-order valence-electron chi connectivity index (χ2n) is 6.87. The van der Waals surface area contributed by atoms with Gasteiger partial charge in [-0.15, -0.1) is 0 Å². The Morgan fingerprint density at radius 2 is 2.04 bits per heavy atom. The smallest absolute Gasteiger partial charge is 0.251 e. The third-order valence-electron chi connectivity index (χ3n) is 5.23. The lowest BCUT2D eigenvalue weighted by molar-refractivity contribution is 0.117. The molecule has 0 saturated carbocycles. The van der Waals surface area contributed by atoms with Gasteiger partial charge in [0.2, 0.25) is 0 Å². The van der Waals surface area contributed by atoms with E-state index in [9.17, 15) is 4.79 Å². The Hall–Kier alpha value is -2.08. The van der Waals surface area contributed by atoms with E-state index in [4.69, 9.17) is 0 Å². The zero-order chi connectivity index (χ0) is 17.3. The topological polar surface area (TPSA) is 46.3 Å². The average Bonchev–Trinajstić information content (AvgIpc) is 2.96. The number of pyridine rings is 1. The van der Waals surface area contributed by atoms with Gasteiger partial charge in [0.05, 0.1) is 11.7 Å². The van der Waals surface area contributed by atoms with Gasteiger partial charge < -0.3 is 4.90 Å². The summed E-state index contributed by atoms with van der Waals surface area (Å²) in [5.74, 6) is 1.46. The maximum atomic E-state index is 11.9. The third kappa shape index (κ3) is 3.11. The van der Waals surface area contributed by atoms with Crippen LogP contribution in [0.2, 0.25) is 0 Å². The quantitative estimate of drug-likeness (QED) is 0.855. The Labute approximate surface area is 143 Å². The van der Waals surface area contributed by atoms with Gasteiger partial charge in [-0.3, -0.25) is 18.9 Å². The number of nitrogens with zero attached hydrogens (tertiary/aromatic N) is 5. The average molecular weight is 329 g/mol. The Balaban J connectivity index is 1.85. The first-order valence-corrected chi connectivity index (χ1v) is 8.54. The molecule has 0 aromatic carbocycles. The van der Waals surface area contributed by atoms with Crippen LogP contribution in [0.25, 0.3) is 0 Å². The summed E-state index contributed by atoms with van der Waals surface area (Å²) in [4.78, 5) is 16.5. The minimum Gasteiger partial charge on any atom is -0.361 e. The van der Waals surface area contributed by atoms with Gasteiger partial charge in [-0.2, -0.15) is 5.10 Å². The molecule has 3 heterocycles. The second-order valence-corrected chi connectivity index (χ2v) is 6.87. The van der Waals surface area contributed by atoms with E-state index in [2.05, 4.69) is 35.1 Å². The number of likely N-dealkylation sites (tertiary alicyclic amines) is 1. The van der Waals surface area contributed by atoms with Gasteiger partial charge in [-0.05, 0) is 44.5 Å². The Bertz CT molecular complexity index is 750. The van der Waals surface area contributed by atoms with Gasteiger partial charge in [0.15, 0.2) is 0 Å². The van der Waals surface area contributed by atoms with Crippen LogP contribution < -0.4 is 10.5 Å². The van der Waals surface area contributed by atoms with Crippen molar-refractivity contribution in [3.8, 4) is 0 Å². The maximum Gasteiger partial charge on any atom is 0.251 e. The van der Waals surface area contributed by atoms with Crippen molar-refractivity contribution in [2.45, 2.75) is 18.9 Å². The highest BCUT2D eigenvalue weighted by atomic mass is 16.1. The van der Waals surface area contributed by atoms with E-state index in [1.165, 1.54) is 18.5 Å². The number of aromatic nitrogens is 3. The third-order valence-corrected chi connectivity index (χ3v) is 5.23. The highest BCUT2D eigenvalue weighted by Crippen LogP contribution is 2.35. The molecule has 0 amide bonds. The molecule has 0 bridgehead atoms. The van der Waals surface area contributed by atoms with Crippen molar-refractivity contribution in [2.75, 3.05) is 32.1 Å². The molecule has 1 saturated heterocycles. The first kappa shape index (κ1) is 16.8. The van der Waals surface area contributed by atoms with Crippen LogP contribution in [-0.4, -0.2) is 46.4 Å². The van der Waals surface area contributed by atoms with E-state index in [1.54, 1.807) is 10.6 Å². The SMILES string of the molecule is CN(C[C@@H]1CCCN(C)[C@H]1c1ccnn1C)c1cccc(=O)n1C. The fourth-order valence-corrected chi connectivity index (χ4v) is 3.97. The maximum absolute atomic E-state index is 11.9.